The Bertz CT molecular complexity index is 535. The first-order valence-electron chi connectivity index (χ1n) is 4.80. The number of rotatable bonds is 1. The topological polar surface area (TPSA) is 58.1 Å². The maximum atomic E-state index is 11.5. The Morgan fingerprint density at radius 3 is 2.69 bits per heavy atom. The molecule has 2 rings (SSSR count). The Morgan fingerprint density at radius 1 is 1.31 bits per heavy atom. The molecular formula is C10H12N4OS. The van der Waals surface area contributed by atoms with Crippen molar-refractivity contribution in [2.24, 2.45) is 0 Å². The molecule has 0 radical (unpaired) electrons. The standard InChI is InChI=1S/C10H12N4OS/c1-6-4-5-7(11-10(15)14(2)3)9-8(6)12-16-13-9/h4-5H,1-3H3,(H,11,15). The number of benzene rings is 1. The van der Waals surface area contributed by atoms with Crippen molar-refractivity contribution in [2.75, 3.05) is 19.4 Å². The number of fused-ring (bicyclic) bond motifs is 1. The van der Waals surface area contributed by atoms with Crippen LogP contribution in [0.2, 0.25) is 0 Å². The zero-order chi connectivity index (χ0) is 11.7. The molecule has 5 nitrogen and oxygen atoms in total. The summed E-state index contributed by atoms with van der Waals surface area (Å²) in [4.78, 5) is 13.0. The first kappa shape index (κ1) is 10.8. The second-order valence-corrected chi connectivity index (χ2v) is 4.24. The highest BCUT2D eigenvalue weighted by Crippen LogP contribution is 2.24. The minimum absolute atomic E-state index is 0.168. The molecule has 84 valence electrons. The molecule has 1 heterocycles. The van der Waals surface area contributed by atoms with Crippen molar-refractivity contribution in [1.82, 2.24) is 13.6 Å². The minimum Gasteiger partial charge on any atom is -0.331 e. The zero-order valence-corrected chi connectivity index (χ0v) is 10.1. The fourth-order valence-corrected chi connectivity index (χ4v) is 1.94. The Balaban J connectivity index is 2.42. The van der Waals surface area contributed by atoms with Crippen LogP contribution in [-0.2, 0) is 0 Å². The van der Waals surface area contributed by atoms with E-state index in [1.165, 1.54) is 4.90 Å². The molecule has 0 aliphatic heterocycles. The summed E-state index contributed by atoms with van der Waals surface area (Å²) in [6.07, 6.45) is 0. The molecule has 0 spiro atoms. The van der Waals surface area contributed by atoms with Crippen molar-refractivity contribution in [1.29, 1.82) is 0 Å². The van der Waals surface area contributed by atoms with Crippen LogP contribution < -0.4 is 5.32 Å². The van der Waals surface area contributed by atoms with Gasteiger partial charge in [-0.25, -0.2) is 4.79 Å². The van der Waals surface area contributed by atoms with E-state index < -0.39 is 0 Å². The molecule has 1 N–H and O–H groups in total. The number of aromatic nitrogens is 2. The van der Waals surface area contributed by atoms with Crippen LogP contribution in [0.15, 0.2) is 12.1 Å². The van der Waals surface area contributed by atoms with Gasteiger partial charge in [0, 0.05) is 14.1 Å². The molecule has 6 heteroatoms. The summed E-state index contributed by atoms with van der Waals surface area (Å²) in [5.74, 6) is 0. The van der Waals surface area contributed by atoms with Crippen LogP contribution in [0.3, 0.4) is 0 Å². The summed E-state index contributed by atoms with van der Waals surface area (Å²) in [5.41, 5.74) is 3.36. The molecule has 2 amide bonds. The van der Waals surface area contributed by atoms with E-state index in [9.17, 15) is 4.79 Å². The van der Waals surface area contributed by atoms with Gasteiger partial charge in [-0.15, -0.1) is 0 Å². The van der Waals surface area contributed by atoms with Crippen molar-refractivity contribution in [3.8, 4) is 0 Å². The molecule has 1 aromatic carbocycles. The van der Waals surface area contributed by atoms with E-state index in [1.807, 2.05) is 19.1 Å². The summed E-state index contributed by atoms with van der Waals surface area (Å²) >= 11 is 1.15. The van der Waals surface area contributed by atoms with Gasteiger partial charge in [-0.3, -0.25) is 0 Å². The summed E-state index contributed by atoms with van der Waals surface area (Å²) in [6, 6.07) is 3.60. The smallest absolute Gasteiger partial charge is 0.321 e. The third-order valence-corrected chi connectivity index (χ3v) is 2.79. The van der Waals surface area contributed by atoms with Crippen LogP contribution in [0.1, 0.15) is 5.56 Å². The fraction of sp³-hybridized carbons (Fsp3) is 0.300. The van der Waals surface area contributed by atoms with Gasteiger partial charge in [0.2, 0.25) is 0 Å². The number of nitrogens with one attached hydrogen (secondary N) is 1. The molecule has 16 heavy (non-hydrogen) atoms. The Morgan fingerprint density at radius 2 is 2.00 bits per heavy atom. The second kappa shape index (κ2) is 4.05. The number of carbonyl (C=O) groups excluding carboxylic acids is 1. The Kier molecular flexibility index (Phi) is 2.74. The molecule has 0 bridgehead atoms. The molecule has 0 saturated carbocycles. The summed E-state index contributed by atoms with van der Waals surface area (Å²) in [5, 5.41) is 2.79. The lowest BCUT2D eigenvalue weighted by atomic mass is 10.2. The number of hydrogen-bond acceptors (Lipinski definition) is 4. The van der Waals surface area contributed by atoms with Gasteiger partial charge in [-0.2, -0.15) is 8.75 Å². The number of anilines is 1. The highest BCUT2D eigenvalue weighted by molar-refractivity contribution is 7.00. The summed E-state index contributed by atoms with van der Waals surface area (Å²) < 4.78 is 8.39. The van der Waals surface area contributed by atoms with Gasteiger partial charge < -0.3 is 10.2 Å². The number of carbonyl (C=O) groups is 1. The second-order valence-electron chi connectivity index (χ2n) is 3.72. The molecule has 0 atom stereocenters. The van der Waals surface area contributed by atoms with E-state index in [1.54, 1.807) is 14.1 Å². The van der Waals surface area contributed by atoms with E-state index in [-0.39, 0.29) is 6.03 Å². The maximum Gasteiger partial charge on any atom is 0.321 e. The van der Waals surface area contributed by atoms with Gasteiger partial charge in [-0.05, 0) is 18.6 Å². The predicted molar refractivity (Wildman–Crippen MR) is 64.9 cm³/mol. The minimum atomic E-state index is -0.168. The highest BCUT2D eigenvalue weighted by atomic mass is 32.1. The van der Waals surface area contributed by atoms with Crippen LogP contribution in [0, 0.1) is 6.92 Å². The van der Waals surface area contributed by atoms with Gasteiger partial charge in [-0.1, -0.05) is 6.07 Å². The number of nitrogens with zero attached hydrogens (tertiary/aromatic N) is 3. The van der Waals surface area contributed by atoms with Gasteiger partial charge in [0.1, 0.15) is 11.0 Å². The van der Waals surface area contributed by atoms with Crippen molar-refractivity contribution < 1.29 is 4.79 Å². The number of aryl methyl sites for hydroxylation is 1. The Labute approximate surface area is 97.4 Å². The van der Waals surface area contributed by atoms with E-state index in [2.05, 4.69) is 14.1 Å². The predicted octanol–water partition coefficient (Wildman–Crippen LogP) is 2.09. The third kappa shape index (κ3) is 1.83. The van der Waals surface area contributed by atoms with Gasteiger partial charge >= 0.3 is 6.03 Å². The SMILES string of the molecule is Cc1ccc(NC(=O)N(C)C)c2nsnc12. The molecule has 0 aliphatic carbocycles. The van der Waals surface area contributed by atoms with E-state index >= 15 is 0 Å². The van der Waals surface area contributed by atoms with Crippen LogP contribution in [-0.4, -0.2) is 33.8 Å². The van der Waals surface area contributed by atoms with Crippen LogP contribution in [0.4, 0.5) is 10.5 Å². The number of urea groups is 1. The molecular weight excluding hydrogens is 224 g/mol. The van der Waals surface area contributed by atoms with Crippen molar-refractivity contribution in [2.45, 2.75) is 6.92 Å². The quantitative estimate of drug-likeness (QED) is 0.824. The first-order chi connectivity index (χ1) is 7.59. The van der Waals surface area contributed by atoms with Crippen LogP contribution in [0.5, 0.6) is 0 Å². The molecule has 0 aliphatic rings. The Hall–Kier alpha value is -1.69. The largest absolute Gasteiger partial charge is 0.331 e. The molecule has 2 aromatic rings. The van der Waals surface area contributed by atoms with E-state index in [0.29, 0.717) is 5.69 Å². The van der Waals surface area contributed by atoms with Crippen LogP contribution in [0.25, 0.3) is 11.0 Å². The van der Waals surface area contributed by atoms with Crippen molar-refractivity contribution >= 4 is 34.5 Å². The normalized spacial score (nSPS) is 10.4. The lowest BCUT2D eigenvalue weighted by molar-refractivity contribution is 0.231. The van der Waals surface area contributed by atoms with Crippen molar-refractivity contribution in [3.63, 3.8) is 0 Å². The highest BCUT2D eigenvalue weighted by Gasteiger charge is 2.11. The van der Waals surface area contributed by atoms with E-state index in [4.69, 9.17) is 0 Å². The molecule has 1 aromatic heterocycles. The van der Waals surface area contributed by atoms with Gasteiger partial charge in [0.15, 0.2) is 0 Å². The lowest BCUT2D eigenvalue weighted by Crippen LogP contribution is -2.27. The summed E-state index contributed by atoms with van der Waals surface area (Å²) in [6.45, 7) is 1.97. The molecule has 0 fully saturated rings. The average Bonchev–Trinajstić information content (AvgIpc) is 2.71. The maximum absolute atomic E-state index is 11.5. The third-order valence-electron chi connectivity index (χ3n) is 2.26. The first-order valence-corrected chi connectivity index (χ1v) is 5.53. The van der Waals surface area contributed by atoms with Crippen LogP contribution >= 0.6 is 11.7 Å². The fourth-order valence-electron chi connectivity index (χ4n) is 1.32. The number of amides is 2. The van der Waals surface area contributed by atoms with Gasteiger partial charge in [0.25, 0.3) is 0 Å². The summed E-state index contributed by atoms with van der Waals surface area (Å²) in [7, 11) is 3.39. The van der Waals surface area contributed by atoms with E-state index in [0.717, 1.165) is 28.3 Å². The number of hydrogen-bond donors (Lipinski definition) is 1. The molecule has 0 saturated heterocycles. The lowest BCUT2D eigenvalue weighted by Gasteiger charge is -2.12. The van der Waals surface area contributed by atoms with Gasteiger partial charge in [0.05, 0.1) is 17.4 Å². The van der Waals surface area contributed by atoms with Crippen molar-refractivity contribution in [3.05, 3.63) is 17.7 Å². The zero-order valence-electron chi connectivity index (χ0n) is 9.31. The monoisotopic (exact) mass is 236 g/mol. The molecule has 0 unspecified atom stereocenters. The average molecular weight is 236 g/mol.